The number of amides is 1. The van der Waals surface area contributed by atoms with Crippen molar-refractivity contribution >= 4 is 17.6 Å². The molecule has 6 heteroatoms. The maximum Gasteiger partial charge on any atom is 0.338 e. The first-order valence-electron chi connectivity index (χ1n) is 7.77. The van der Waals surface area contributed by atoms with E-state index in [0.29, 0.717) is 23.6 Å². The zero-order valence-corrected chi connectivity index (χ0v) is 14.4. The summed E-state index contributed by atoms with van der Waals surface area (Å²) in [5.41, 5.74) is 1.92. The van der Waals surface area contributed by atoms with Crippen LogP contribution in [0.3, 0.4) is 0 Å². The van der Waals surface area contributed by atoms with Crippen LogP contribution in [-0.2, 0) is 20.9 Å². The van der Waals surface area contributed by atoms with Crippen LogP contribution in [0.4, 0.5) is 5.69 Å². The molecule has 0 saturated heterocycles. The number of rotatable bonds is 7. The summed E-state index contributed by atoms with van der Waals surface area (Å²) >= 11 is 0. The maximum absolute atomic E-state index is 12.1. The molecule has 0 aliphatic rings. The normalized spacial score (nSPS) is 11.5. The van der Waals surface area contributed by atoms with E-state index in [0.717, 1.165) is 5.56 Å². The van der Waals surface area contributed by atoms with Gasteiger partial charge < -0.3 is 19.5 Å². The first-order chi connectivity index (χ1) is 12.0. The molecule has 0 aliphatic carbocycles. The van der Waals surface area contributed by atoms with Gasteiger partial charge in [0, 0.05) is 12.8 Å². The van der Waals surface area contributed by atoms with Gasteiger partial charge in [0.15, 0.2) is 6.10 Å². The number of ether oxygens (including phenoxy) is 3. The first-order valence-corrected chi connectivity index (χ1v) is 7.77. The van der Waals surface area contributed by atoms with Gasteiger partial charge in [-0.2, -0.15) is 0 Å². The first kappa shape index (κ1) is 18.5. The molecule has 2 aromatic carbocycles. The van der Waals surface area contributed by atoms with Crippen LogP contribution in [0.2, 0.25) is 0 Å². The number of nitrogens with one attached hydrogen (secondary N) is 1. The Morgan fingerprint density at radius 3 is 2.20 bits per heavy atom. The van der Waals surface area contributed by atoms with Gasteiger partial charge in [-0.05, 0) is 48.9 Å². The van der Waals surface area contributed by atoms with E-state index in [9.17, 15) is 9.59 Å². The summed E-state index contributed by atoms with van der Waals surface area (Å²) in [5, 5.41) is 2.69. The Labute approximate surface area is 146 Å². The molecule has 1 atom stereocenters. The number of anilines is 1. The third-order valence-corrected chi connectivity index (χ3v) is 3.51. The molecule has 25 heavy (non-hydrogen) atoms. The van der Waals surface area contributed by atoms with Gasteiger partial charge in [-0.15, -0.1) is 0 Å². The van der Waals surface area contributed by atoms with E-state index in [2.05, 4.69) is 5.32 Å². The number of esters is 1. The summed E-state index contributed by atoms with van der Waals surface area (Å²) < 4.78 is 15.3. The molecule has 0 heterocycles. The molecule has 0 spiro atoms. The van der Waals surface area contributed by atoms with Gasteiger partial charge in [0.2, 0.25) is 0 Å². The quantitative estimate of drug-likeness (QED) is 0.782. The Bertz CT molecular complexity index is 710. The molecule has 0 aromatic heterocycles. The summed E-state index contributed by atoms with van der Waals surface area (Å²) in [6.07, 6.45) is -0.923. The fraction of sp³-hybridized carbons (Fsp3) is 0.263. The molecule has 2 aromatic rings. The van der Waals surface area contributed by atoms with Crippen LogP contribution < -0.4 is 10.1 Å². The van der Waals surface area contributed by atoms with Crippen molar-refractivity contribution in [1.82, 2.24) is 0 Å². The highest BCUT2D eigenvalue weighted by Gasteiger charge is 2.19. The molecular weight excluding hydrogens is 322 g/mol. The number of hydrogen-bond acceptors (Lipinski definition) is 5. The molecule has 2 rings (SSSR count). The second-order valence-electron chi connectivity index (χ2n) is 5.40. The van der Waals surface area contributed by atoms with Gasteiger partial charge in [-0.1, -0.05) is 12.1 Å². The smallest absolute Gasteiger partial charge is 0.338 e. The summed E-state index contributed by atoms with van der Waals surface area (Å²) in [4.78, 5) is 24.3. The Balaban J connectivity index is 1.91. The van der Waals surface area contributed by atoms with Crippen molar-refractivity contribution in [3.8, 4) is 5.75 Å². The molecule has 132 valence electrons. The highest BCUT2D eigenvalue weighted by molar-refractivity contribution is 5.97. The van der Waals surface area contributed by atoms with E-state index in [4.69, 9.17) is 14.2 Å². The average molecular weight is 343 g/mol. The lowest BCUT2D eigenvalue weighted by molar-refractivity contribution is -0.123. The molecule has 0 saturated carbocycles. The molecule has 0 radical (unpaired) electrons. The van der Waals surface area contributed by atoms with Crippen LogP contribution in [0.15, 0.2) is 48.5 Å². The van der Waals surface area contributed by atoms with E-state index in [1.165, 1.54) is 6.92 Å². The Hall–Kier alpha value is -2.86. The predicted octanol–water partition coefficient (Wildman–Crippen LogP) is 3.03. The standard InChI is InChI=1S/C19H21NO5/c1-13(18(21)20-16-8-10-17(24-3)11-9-16)25-19(22)15-6-4-14(5-7-15)12-23-2/h4-11,13H,12H2,1-3H3,(H,20,21). The maximum atomic E-state index is 12.1. The van der Waals surface area contributed by atoms with Crippen molar-refractivity contribution in [2.24, 2.45) is 0 Å². The fourth-order valence-electron chi connectivity index (χ4n) is 2.10. The van der Waals surface area contributed by atoms with E-state index in [1.807, 2.05) is 0 Å². The van der Waals surface area contributed by atoms with Crippen molar-refractivity contribution < 1.29 is 23.8 Å². The van der Waals surface area contributed by atoms with Crippen LogP contribution in [0, 0.1) is 0 Å². The van der Waals surface area contributed by atoms with E-state index in [-0.39, 0.29) is 0 Å². The Morgan fingerprint density at radius 1 is 1.00 bits per heavy atom. The van der Waals surface area contributed by atoms with Crippen LogP contribution in [-0.4, -0.2) is 32.2 Å². The molecule has 1 amide bonds. The molecule has 1 N–H and O–H groups in total. The van der Waals surface area contributed by atoms with Crippen LogP contribution in [0.1, 0.15) is 22.8 Å². The number of hydrogen-bond donors (Lipinski definition) is 1. The van der Waals surface area contributed by atoms with Crippen molar-refractivity contribution in [3.05, 3.63) is 59.7 Å². The molecule has 0 fully saturated rings. The Kier molecular flexibility index (Phi) is 6.54. The number of methoxy groups -OCH3 is 2. The van der Waals surface area contributed by atoms with Crippen molar-refractivity contribution in [3.63, 3.8) is 0 Å². The van der Waals surface area contributed by atoms with Crippen LogP contribution >= 0.6 is 0 Å². The zero-order valence-electron chi connectivity index (χ0n) is 14.4. The van der Waals surface area contributed by atoms with Crippen molar-refractivity contribution in [2.45, 2.75) is 19.6 Å². The molecular formula is C19H21NO5. The third-order valence-electron chi connectivity index (χ3n) is 3.51. The van der Waals surface area contributed by atoms with Crippen LogP contribution in [0.5, 0.6) is 5.75 Å². The predicted molar refractivity (Wildman–Crippen MR) is 93.7 cm³/mol. The molecule has 0 bridgehead atoms. The molecule has 0 aliphatic heterocycles. The zero-order chi connectivity index (χ0) is 18.2. The van der Waals surface area contributed by atoms with E-state index < -0.39 is 18.0 Å². The second-order valence-corrected chi connectivity index (χ2v) is 5.40. The highest BCUT2D eigenvalue weighted by Crippen LogP contribution is 2.15. The average Bonchev–Trinajstić information content (AvgIpc) is 2.63. The lowest BCUT2D eigenvalue weighted by Gasteiger charge is -2.14. The fourth-order valence-corrected chi connectivity index (χ4v) is 2.10. The minimum atomic E-state index is -0.923. The van der Waals surface area contributed by atoms with Gasteiger partial charge in [0.05, 0.1) is 19.3 Å². The number of carbonyl (C=O) groups excluding carboxylic acids is 2. The van der Waals surface area contributed by atoms with E-state index in [1.54, 1.807) is 62.8 Å². The third kappa shape index (κ3) is 5.32. The van der Waals surface area contributed by atoms with Crippen molar-refractivity contribution in [1.29, 1.82) is 0 Å². The summed E-state index contributed by atoms with van der Waals surface area (Å²) in [5.74, 6) is -0.273. The van der Waals surface area contributed by atoms with Crippen molar-refractivity contribution in [2.75, 3.05) is 19.5 Å². The minimum absolute atomic E-state index is 0.379. The lowest BCUT2D eigenvalue weighted by atomic mass is 10.1. The topological polar surface area (TPSA) is 73.9 Å². The van der Waals surface area contributed by atoms with Gasteiger partial charge in [-0.3, -0.25) is 4.79 Å². The molecule has 1 unspecified atom stereocenters. The van der Waals surface area contributed by atoms with Crippen LogP contribution in [0.25, 0.3) is 0 Å². The lowest BCUT2D eigenvalue weighted by Crippen LogP contribution is -2.30. The number of carbonyl (C=O) groups is 2. The monoisotopic (exact) mass is 343 g/mol. The highest BCUT2D eigenvalue weighted by atomic mass is 16.5. The Morgan fingerprint density at radius 2 is 1.64 bits per heavy atom. The van der Waals surface area contributed by atoms with Gasteiger partial charge in [0.1, 0.15) is 5.75 Å². The summed E-state index contributed by atoms with van der Waals surface area (Å²) in [7, 11) is 3.17. The number of benzene rings is 2. The SMILES string of the molecule is COCc1ccc(C(=O)OC(C)C(=O)Nc2ccc(OC)cc2)cc1. The largest absolute Gasteiger partial charge is 0.497 e. The summed E-state index contributed by atoms with van der Waals surface area (Å²) in [6.45, 7) is 1.99. The second kappa shape index (κ2) is 8.84. The van der Waals surface area contributed by atoms with Gasteiger partial charge >= 0.3 is 5.97 Å². The van der Waals surface area contributed by atoms with Gasteiger partial charge in [-0.25, -0.2) is 4.79 Å². The van der Waals surface area contributed by atoms with Gasteiger partial charge in [0.25, 0.3) is 5.91 Å². The van der Waals surface area contributed by atoms with E-state index >= 15 is 0 Å². The molecule has 6 nitrogen and oxygen atoms in total. The minimum Gasteiger partial charge on any atom is -0.497 e. The summed E-state index contributed by atoms with van der Waals surface area (Å²) in [6, 6.07) is 13.7.